The van der Waals surface area contributed by atoms with Crippen LogP contribution in [0.2, 0.25) is 0 Å². The lowest BCUT2D eigenvalue weighted by atomic mass is 9.79. The molecule has 1 aliphatic rings. The second kappa shape index (κ2) is 11.1. The molecule has 4 rings (SSSR count). The van der Waals surface area contributed by atoms with Gasteiger partial charge < -0.3 is 9.47 Å². The number of thioether (sulfide) groups is 1. The molecule has 0 N–H and O–H groups in total. The first-order valence-electron chi connectivity index (χ1n) is 11.6. The largest absolute Gasteiger partial charge is 0.361 e. The predicted molar refractivity (Wildman–Crippen MR) is 139 cm³/mol. The monoisotopic (exact) mass is 473 g/mol. The summed E-state index contributed by atoms with van der Waals surface area (Å²) in [6, 6.07) is 30.9. The minimum Gasteiger partial charge on any atom is -0.361 e. The van der Waals surface area contributed by atoms with Crippen molar-refractivity contribution in [1.82, 2.24) is 0 Å². The van der Waals surface area contributed by atoms with Crippen molar-refractivity contribution in [1.29, 1.82) is 0 Å². The maximum Gasteiger partial charge on any atom is 0.143 e. The van der Waals surface area contributed by atoms with Crippen molar-refractivity contribution in [2.75, 3.05) is 12.9 Å². The van der Waals surface area contributed by atoms with Crippen LogP contribution in [0, 0.1) is 11.8 Å². The van der Waals surface area contributed by atoms with E-state index < -0.39 is 5.60 Å². The highest BCUT2D eigenvalue weighted by atomic mass is 32.2. The van der Waals surface area contributed by atoms with Crippen LogP contribution in [0.3, 0.4) is 0 Å². The highest BCUT2D eigenvalue weighted by Gasteiger charge is 2.43. The van der Waals surface area contributed by atoms with Gasteiger partial charge in [-0.2, -0.15) is 0 Å². The number of rotatable bonds is 8. The molecule has 0 aliphatic carbocycles. The number of hydrogen-bond acceptors (Lipinski definition) is 4. The minimum absolute atomic E-state index is 0.131. The number of benzene rings is 3. The van der Waals surface area contributed by atoms with E-state index in [1.54, 1.807) is 11.8 Å². The van der Waals surface area contributed by atoms with Crippen LogP contribution < -0.4 is 0 Å². The van der Waals surface area contributed by atoms with Gasteiger partial charge in [0, 0.05) is 4.91 Å². The fourth-order valence-electron chi connectivity index (χ4n) is 4.86. The molecule has 1 heterocycles. The Morgan fingerprint density at radius 1 is 0.853 bits per heavy atom. The Kier molecular flexibility index (Phi) is 7.96. The lowest BCUT2D eigenvalue weighted by Crippen LogP contribution is -2.49. The van der Waals surface area contributed by atoms with Crippen LogP contribution in [0.5, 0.6) is 0 Å². The van der Waals surface area contributed by atoms with Crippen molar-refractivity contribution < 1.29 is 9.47 Å². The zero-order valence-corrected chi connectivity index (χ0v) is 20.6. The maximum atomic E-state index is 9.06. The first-order chi connectivity index (χ1) is 16.6. The maximum absolute atomic E-state index is 9.06. The van der Waals surface area contributed by atoms with Gasteiger partial charge in [-0.25, -0.2) is 0 Å². The fourth-order valence-corrected chi connectivity index (χ4v) is 5.69. The summed E-state index contributed by atoms with van der Waals surface area (Å²) in [4.78, 5) is 3.07. The molecule has 5 atom stereocenters. The molecule has 1 aliphatic heterocycles. The third-order valence-electron chi connectivity index (χ3n) is 6.96. The number of ether oxygens (including phenoxy) is 2. The molecule has 0 spiro atoms. The normalized spacial score (nSPS) is 24.9. The molecule has 0 aromatic heterocycles. The van der Waals surface area contributed by atoms with Gasteiger partial charge in [0.1, 0.15) is 11.0 Å². The van der Waals surface area contributed by atoms with Crippen molar-refractivity contribution in [3.8, 4) is 0 Å². The summed E-state index contributed by atoms with van der Waals surface area (Å²) in [6.45, 7) is 4.70. The summed E-state index contributed by atoms with van der Waals surface area (Å²) in [5.41, 5.74) is 11.3. The summed E-state index contributed by atoms with van der Waals surface area (Å²) >= 11 is 1.58. The Morgan fingerprint density at radius 3 is 1.74 bits per heavy atom. The smallest absolute Gasteiger partial charge is 0.143 e. The quantitative estimate of drug-likeness (QED) is 0.153. The van der Waals surface area contributed by atoms with E-state index in [1.165, 1.54) is 0 Å². The number of nitrogens with zero attached hydrogens (tertiary/aromatic N) is 3. The molecule has 0 bridgehead atoms. The molecule has 1 saturated heterocycles. The third-order valence-corrected chi connectivity index (χ3v) is 7.82. The summed E-state index contributed by atoms with van der Waals surface area (Å²) < 4.78 is 13.5. The summed E-state index contributed by atoms with van der Waals surface area (Å²) in [7, 11) is 0. The van der Waals surface area contributed by atoms with Gasteiger partial charge in [0.2, 0.25) is 0 Å². The summed E-state index contributed by atoms with van der Waals surface area (Å²) in [5, 5.41) is 4.05. The molecule has 0 radical (unpaired) electrons. The summed E-state index contributed by atoms with van der Waals surface area (Å²) in [5.74, 6) is 0.342. The van der Waals surface area contributed by atoms with Crippen molar-refractivity contribution >= 4 is 11.8 Å². The molecule has 5 nitrogen and oxygen atoms in total. The van der Waals surface area contributed by atoms with Gasteiger partial charge in [-0.3, -0.25) is 0 Å². The van der Waals surface area contributed by atoms with E-state index in [9.17, 15) is 0 Å². The molecule has 176 valence electrons. The Hall–Kier alpha value is -2.76. The molecule has 1 fully saturated rings. The van der Waals surface area contributed by atoms with Crippen LogP contribution in [0.15, 0.2) is 96.1 Å². The Bertz CT molecular complexity index is 992. The molecule has 0 saturated carbocycles. The van der Waals surface area contributed by atoms with E-state index in [2.05, 4.69) is 96.7 Å². The lowest BCUT2D eigenvalue weighted by Gasteiger charge is -2.44. The standard InChI is InChI=1S/C28H31N3O2S/c1-20-21(2)26(30-31-29)27(34-3)33-25(20)19-32-28(22-13-7-4-8-14-22,23-15-9-5-10-16-23)24-17-11-6-12-18-24/h4-18,20-21,25-27H,19H2,1-3H3/t20-,21-,25?,26?,27-/m0/s1. The minimum atomic E-state index is -0.785. The summed E-state index contributed by atoms with van der Waals surface area (Å²) in [6.07, 6.45) is 1.86. The fraction of sp³-hybridized carbons (Fsp3) is 0.357. The Morgan fingerprint density at radius 2 is 1.32 bits per heavy atom. The highest BCUT2D eigenvalue weighted by Crippen LogP contribution is 2.42. The van der Waals surface area contributed by atoms with Crippen LogP contribution in [-0.4, -0.2) is 30.4 Å². The lowest BCUT2D eigenvalue weighted by molar-refractivity contribution is -0.129. The van der Waals surface area contributed by atoms with Crippen LogP contribution >= 0.6 is 11.8 Å². The number of hydrogen-bond donors (Lipinski definition) is 0. The van der Waals surface area contributed by atoms with Gasteiger partial charge in [0.15, 0.2) is 0 Å². The molecule has 2 unspecified atom stereocenters. The van der Waals surface area contributed by atoms with Gasteiger partial charge in [-0.1, -0.05) is 110 Å². The van der Waals surface area contributed by atoms with Gasteiger partial charge in [0.05, 0.1) is 18.8 Å². The van der Waals surface area contributed by atoms with E-state index in [-0.39, 0.29) is 29.4 Å². The SMILES string of the molecule is CS[C@@H]1OC(COC(c2ccccc2)(c2ccccc2)c2ccccc2)[C@@H](C)[C@H](C)C1N=[N+]=[N-]. The topological polar surface area (TPSA) is 67.2 Å². The molecular weight excluding hydrogens is 442 g/mol. The van der Waals surface area contributed by atoms with Crippen molar-refractivity contribution in [3.05, 3.63) is 118 Å². The predicted octanol–water partition coefficient (Wildman–Crippen LogP) is 7.03. The molecule has 6 heteroatoms. The Labute approximate surface area is 206 Å². The van der Waals surface area contributed by atoms with Crippen LogP contribution in [0.25, 0.3) is 10.4 Å². The van der Waals surface area contributed by atoms with E-state index in [1.807, 2.05) is 24.5 Å². The van der Waals surface area contributed by atoms with E-state index in [0.29, 0.717) is 6.61 Å². The Balaban J connectivity index is 1.75. The molecular formula is C28H31N3O2S. The number of azide groups is 1. The molecule has 34 heavy (non-hydrogen) atoms. The van der Waals surface area contributed by atoms with E-state index in [4.69, 9.17) is 15.0 Å². The first kappa shape index (κ1) is 24.4. The van der Waals surface area contributed by atoms with Crippen LogP contribution in [0.1, 0.15) is 30.5 Å². The van der Waals surface area contributed by atoms with Gasteiger partial charge in [-0.05, 0) is 40.3 Å². The molecule has 3 aromatic carbocycles. The van der Waals surface area contributed by atoms with Gasteiger partial charge >= 0.3 is 0 Å². The van der Waals surface area contributed by atoms with Gasteiger partial charge in [-0.15, -0.1) is 11.8 Å². The zero-order valence-electron chi connectivity index (χ0n) is 19.8. The first-order valence-corrected chi connectivity index (χ1v) is 12.9. The van der Waals surface area contributed by atoms with Crippen molar-refractivity contribution in [2.24, 2.45) is 17.0 Å². The van der Waals surface area contributed by atoms with Crippen molar-refractivity contribution in [2.45, 2.75) is 37.0 Å². The third kappa shape index (κ3) is 4.73. The second-order valence-corrected chi connectivity index (χ2v) is 9.72. The van der Waals surface area contributed by atoms with Gasteiger partial charge in [0.25, 0.3) is 0 Å². The molecule has 3 aromatic rings. The van der Waals surface area contributed by atoms with Crippen molar-refractivity contribution in [3.63, 3.8) is 0 Å². The van der Waals surface area contributed by atoms with E-state index >= 15 is 0 Å². The van der Waals surface area contributed by atoms with Crippen LogP contribution in [0.4, 0.5) is 0 Å². The molecule has 0 amide bonds. The zero-order chi connectivity index (χ0) is 24.0. The average molecular weight is 474 g/mol. The van der Waals surface area contributed by atoms with E-state index in [0.717, 1.165) is 16.7 Å². The van der Waals surface area contributed by atoms with Crippen LogP contribution in [-0.2, 0) is 15.1 Å². The highest BCUT2D eigenvalue weighted by molar-refractivity contribution is 7.99. The second-order valence-electron chi connectivity index (χ2n) is 8.78. The average Bonchev–Trinajstić information content (AvgIpc) is 2.90.